The van der Waals surface area contributed by atoms with E-state index in [1.807, 2.05) is 26.0 Å². The molecule has 0 fully saturated rings. The fraction of sp³-hybridized carbons (Fsp3) is 0.200. The van der Waals surface area contributed by atoms with Crippen molar-refractivity contribution in [3.8, 4) is 0 Å². The molecule has 1 unspecified atom stereocenters. The van der Waals surface area contributed by atoms with Crippen molar-refractivity contribution in [2.24, 2.45) is 0 Å². The lowest BCUT2D eigenvalue weighted by Crippen LogP contribution is -2.31. The van der Waals surface area contributed by atoms with Crippen molar-refractivity contribution in [1.82, 2.24) is 10.3 Å². The van der Waals surface area contributed by atoms with Crippen LogP contribution in [0.5, 0.6) is 0 Å². The van der Waals surface area contributed by atoms with Gasteiger partial charge in [-0.25, -0.2) is 9.37 Å². The third-order valence-electron chi connectivity index (χ3n) is 2.87. The molecule has 0 aliphatic carbocycles. The third kappa shape index (κ3) is 3.99. The van der Waals surface area contributed by atoms with Crippen LogP contribution in [0.4, 0.5) is 10.2 Å². The minimum atomic E-state index is -0.245. The molecule has 1 aromatic heterocycles. The number of nitrogens with one attached hydrogen (secondary N) is 2. The Morgan fingerprint density at radius 1 is 1.25 bits per heavy atom. The van der Waals surface area contributed by atoms with E-state index >= 15 is 0 Å². The number of aromatic nitrogens is 1. The zero-order valence-electron chi connectivity index (χ0n) is 11.4. The van der Waals surface area contributed by atoms with Crippen molar-refractivity contribution in [1.29, 1.82) is 0 Å². The first kappa shape index (κ1) is 14.4. The lowest BCUT2D eigenvalue weighted by atomic mass is 10.1. The van der Waals surface area contributed by atoms with Crippen molar-refractivity contribution in [2.75, 3.05) is 5.32 Å². The lowest BCUT2D eigenvalue weighted by Gasteiger charge is -2.17. The fourth-order valence-corrected chi connectivity index (χ4v) is 2.07. The molecule has 0 amide bonds. The summed E-state index contributed by atoms with van der Waals surface area (Å²) in [6.45, 7) is 3.95. The molecule has 5 heteroatoms. The average Bonchev–Trinajstić information content (AvgIpc) is 2.39. The maximum atomic E-state index is 12.9. The number of halogens is 1. The van der Waals surface area contributed by atoms with Gasteiger partial charge in [0.25, 0.3) is 0 Å². The molecule has 0 saturated heterocycles. The Kier molecular flexibility index (Phi) is 4.63. The first-order valence-electron chi connectivity index (χ1n) is 6.30. The highest BCUT2D eigenvalue weighted by Gasteiger charge is 2.07. The number of thiocarbonyl (C=S) groups is 1. The van der Waals surface area contributed by atoms with Crippen LogP contribution in [0.2, 0.25) is 0 Å². The quantitative estimate of drug-likeness (QED) is 0.847. The monoisotopic (exact) mass is 289 g/mol. The van der Waals surface area contributed by atoms with E-state index in [4.69, 9.17) is 12.2 Å². The van der Waals surface area contributed by atoms with Gasteiger partial charge in [-0.2, -0.15) is 0 Å². The van der Waals surface area contributed by atoms with Gasteiger partial charge in [-0.15, -0.1) is 0 Å². The summed E-state index contributed by atoms with van der Waals surface area (Å²) in [5.74, 6) is 0.458. The van der Waals surface area contributed by atoms with Crippen molar-refractivity contribution < 1.29 is 4.39 Å². The molecule has 1 atom stereocenters. The summed E-state index contributed by atoms with van der Waals surface area (Å²) < 4.78 is 12.9. The van der Waals surface area contributed by atoms with E-state index in [-0.39, 0.29) is 11.9 Å². The van der Waals surface area contributed by atoms with E-state index < -0.39 is 0 Å². The summed E-state index contributed by atoms with van der Waals surface area (Å²) in [6, 6.07) is 10.2. The molecule has 0 radical (unpaired) electrons. The Bertz CT molecular complexity index is 598. The van der Waals surface area contributed by atoms with Gasteiger partial charge in [0.1, 0.15) is 11.6 Å². The van der Waals surface area contributed by atoms with Crippen LogP contribution in [0.25, 0.3) is 0 Å². The van der Waals surface area contributed by atoms with Crippen molar-refractivity contribution in [3.05, 3.63) is 59.5 Å². The SMILES string of the molecule is Cc1ccnc(NC(=S)NC(C)c2ccc(F)cc2)c1. The molecule has 1 heterocycles. The Morgan fingerprint density at radius 3 is 2.60 bits per heavy atom. The van der Waals surface area contributed by atoms with Gasteiger partial charge in [0.15, 0.2) is 5.11 Å². The largest absolute Gasteiger partial charge is 0.356 e. The maximum absolute atomic E-state index is 12.9. The van der Waals surface area contributed by atoms with Gasteiger partial charge in [-0.3, -0.25) is 0 Å². The van der Waals surface area contributed by atoms with Crippen LogP contribution >= 0.6 is 12.2 Å². The molecular formula is C15H16FN3S. The molecular weight excluding hydrogens is 273 g/mol. The van der Waals surface area contributed by atoms with Crippen LogP contribution in [0, 0.1) is 12.7 Å². The summed E-state index contributed by atoms with van der Waals surface area (Å²) >= 11 is 5.25. The lowest BCUT2D eigenvalue weighted by molar-refractivity contribution is 0.624. The van der Waals surface area contributed by atoms with E-state index in [1.54, 1.807) is 18.3 Å². The second kappa shape index (κ2) is 6.43. The topological polar surface area (TPSA) is 37.0 Å². The molecule has 2 rings (SSSR count). The highest BCUT2D eigenvalue weighted by atomic mass is 32.1. The third-order valence-corrected chi connectivity index (χ3v) is 3.09. The average molecular weight is 289 g/mol. The summed E-state index contributed by atoms with van der Waals surface area (Å²) in [5.41, 5.74) is 2.07. The smallest absolute Gasteiger partial charge is 0.172 e. The van der Waals surface area contributed by atoms with E-state index in [0.29, 0.717) is 10.9 Å². The normalized spacial score (nSPS) is 11.8. The van der Waals surface area contributed by atoms with Crippen LogP contribution < -0.4 is 10.6 Å². The number of hydrogen-bond donors (Lipinski definition) is 2. The number of anilines is 1. The van der Waals surface area contributed by atoms with Gasteiger partial charge in [0, 0.05) is 6.20 Å². The summed E-state index contributed by atoms with van der Waals surface area (Å²) in [6.07, 6.45) is 1.73. The van der Waals surface area contributed by atoms with E-state index in [2.05, 4.69) is 15.6 Å². The van der Waals surface area contributed by atoms with Crippen LogP contribution in [0.3, 0.4) is 0 Å². The molecule has 0 bridgehead atoms. The fourth-order valence-electron chi connectivity index (χ4n) is 1.79. The minimum Gasteiger partial charge on any atom is -0.356 e. The molecule has 2 aromatic rings. The minimum absolute atomic E-state index is 0.0135. The Labute approximate surface area is 123 Å². The Morgan fingerprint density at radius 2 is 1.95 bits per heavy atom. The molecule has 3 nitrogen and oxygen atoms in total. The van der Waals surface area contributed by atoms with Crippen LogP contribution in [-0.2, 0) is 0 Å². The van der Waals surface area contributed by atoms with E-state index in [9.17, 15) is 4.39 Å². The van der Waals surface area contributed by atoms with Gasteiger partial charge in [0.05, 0.1) is 6.04 Å². The second-order valence-corrected chi connectivity index (χ2v) is 5.00. The zero-order chi connectivity index (χ0) is 14.5. The van der Waals surface area contributed by atoms with Gasteiger partial charge < -0.3 is 10.6 Å². The molecule has 0 aliphatic heterocycles. The van der Waals surface area contributed by atoms with Crippen LogP contribution in [0.15, 0.2) is 42.6 Å². The van der Waals surface area contributed by atoms with Gasteiger partial charge in [0.2, 0.25) is 0 Å². The van der Waals surface area contributed by atoms with Crippen LogP contribution in [-0.4, -0.2) is 10.1 Å². The van der Waals surface area contributed by atoms with E-state index in [1.165, 1.54) is 12.1 Å². The molecule has 2 N–H and O–H groups in total. The van der Waals surface area contributed by atoms with Gasteiger partial charge in [-0.1, -0.05) is 12.1 Å². The highest BCUT2D eigenvalue weighted by Crippen LogP contribution is 2.13. The predicted octanol–water partition coefficient (Wildman–Crippen LogP) is 3.58. The van der Waals surface area contributed by atoms with Crippen molar-refractivity contribution >= 4 is 23.1 Å². The van der Waals surface area contributed by atoms with E-state index in [0.717, 1.165) is 11.1 Å². The number of hydrogen-bond acceptors (Lipinski definition) is 2. The zero-order valence-corrected chi connectivity index (χ0v) is 12.2. The van der Waals surface area contributed by atoms with Crippen LogP contribution in [0.1, 0.15) is 24.1 Å². The van der Waals surface area contributed by atoms with Gasteiger partial charge in [-0.05, 0) is 61.5 Å². The first-order valence-corrected chi connectivity index (χ1v) is 6.71. The molecule has 0 aliphatic rings. The number of benzene rings is 1. The molecule has 0 saturated carbocycles. The summed E-state index contributed by atoms with van der Waals surface area (Å²) in [7, 11) is 0. The molecule has 104 valence electrons. The number of pyridine rings is 1. The maximum Gasteiger partial charge on any atom is 0.172 e. The second-order valence-electron chi connectivity index (χ2n) is 4.59. The van der Waals surface area contributed by atoms with Gasteiger partial charge >= 0.3 is 0 Å². The highest BCUT2D eigenvalue weighted by molar-refractivity contribution is 7.80. The number of aryl methyl sites for hydroxylation is 1. The molecule has 0 spiro atoms. The Balaban J connectivity index is 1.95. The molecule has 1 aromatic carbocycles. The Hall–Kier alpha value is -2.01. The number of nitrogens with zero attached hydrogens (tertiary/aromatic N) is 1. The van der Waals surface area contributed by atoms with Crippen molar-refractivity contribution in [3.63, 3.8) is 0 Å². The number of rotatable bonds is 3. The predicted molar refractivity (Wildman–Crippen MR) is 83.1 cm³/mol. The van der Waals surface area contributed by atoms with Crippen molar-refractivity contribution in [2.45, 2.75) is 19.9 Å². The first-order chi connectivity index (χ1) is 9.54. The summed E-state index contributed by atoms with van der Waals surface area (Å²) in [5, 5.41) is 6.66. The summed E-state index contributed by atoms with van der Waals surface area (Å²) in [4.78, 5) is 4.18. The molecule has 20 heavy (non-hydrogen) atoms. The standard InChI is InChI=1S/C15H16FN3S/c1-10-7-8-17-14(9-10)19-15(20)18-11(2)12-3-5-13(16)6-4-12/h3-9,11H,1-2H3,(H2,17,18,19,20).